The highest BCUT2D eigenvalue weighted by Crippen LogP contribution is 2.24. The topological polar surface area (TPSA) is 128 Å². The molecular weight excluding hydrogens is 294 g/mol. The van der Waals surface area contributed by atoms with Gasteiger partial charge in [0.15, 0.2) is 0 Å². The molecule has 0 bridgehead atoms. The SMILES string of the molecule is CNc1ccccc1C(=O)O[C@@H]1O[C@H](CO)[C@@H](O)[C@H](O)[C@H]1O. The minimum Gasteiger partial charge on any atom is -0.429 e. The van der Waals surface area contributed by atoms with Crippen molar-refractivity contribution in [3.8, 4) is 0 Å². The van der Waals surface area contributed by atoms with Crippen molar-refractivity contribution in [2.24, 2.45) is 0 Å². The van der Waals surface area contributed by atoms with Crippen molar-refractivity contribution < 1.29 is 34.7 Å². The molecular formula is C14H19NO7. The Bertz CT molecular complexity index is 522. The number of aliphatic hydroxyl groups excluding tert-OH is 4. The third-order valence-electron chi connectivity index (χ3n) is 3.49. The Hall–Kier alpha value is -1.71. The van der Waals surface area contributed by atoms with E-state index in [4.69, 9.17) is 14.6 Å². The van der Waals surface area contributed by atoms with Gasteiger partial charge in [0.1, 0.15) is 24.4 Å². The van der Waals surface area contributed by atoms with E-state index in [0.29, 0.717) is 5.69 Å². The summed E-state index contributed by atoms with van der Waals surface area (Å²) in [6, 6.07) is 6.57. The van der Waals surface area contributed by atoms with E-state index in [1.54, 1.807) is 25.2 Å². The van der Waals surface area contributed by atoms with Crippen LogP contribution in [0, 0.1) is 0 Å². The predicted octanol–water partition coefficient (Wildman–Crippen LogP) is -1.32. The van der Waals surface area contributed by atoms with Crippen LogP contribution < -0.4 is 5.32 Å². The van der Waals surface area contributed by atoms with Crippen LogP contribution in [0.4, 0.5) is 5.69 Å². The number of carbonyl (C=O) groups is 1. The number of esters is 1. The number of ether oxygens (including phenoxy) is 2. The Kier molecular flexibility index (Phi) is 5.33. The molecule has 1 saturated heterocycles. The molecule has 0 spiro atoms. The Labute approximate surface area is 126 Å². The van der Waals surface area contributed by atoms with E-state index in [1.807, 2.05) is 0 Å². The number of aliphatic hydroxyl groups is 4. The lowest BCUT2D eigenvalue weighted by Gasteiger charge is -2.39. The highest BCUT2D eigenvalue weighted by molar-refractivity contribution is 5.95. The number of rotatable bonds is 4. The summed E-state index contributed by atoms with van der Waals surface area (Å²) in [5, 5.41) is 41.1. The van der Waals surface area contributed by atoms with Crippen molar-refractivity contribution in [3.05, 3.63) is 29.8 Å². The maximum absolute atomic E-state index is 12.2. The fraction of sp³-hybridized carbons (Fsp3) is 0.500. The lowest BCUT2D eigenvalue weighted by atomic mass is 9.99. The second kappa shape index (κ2) is 7.03. The molecule has 0 saturated carbocycles. The van der Waals surface area contributed by atoms with Gasteiger partial charge in [0.2, 0.25) is 6.29 Å². The number of nitrogens with one attached hydrogen (secondary N) is 1. The largest absolute Gasteiger partial charge is 0.429 e. The van der Waals surface area contributed by atoms with E-state index in [2.05, 4.69) is 5.32 Å². The van der Waals surface area contributed by atoms with Gasteiger partial charge in [0, 0.05) is 12.7 Å². The summed E-state index contributed by atoms with van der Waals surface area (Å²) < 4.78 is 10.2. The van der Waals surface area contributed by atoms with Gasteiger partial charge in [-0.2, -0.15) is 0 Å². The third-order valence-corrected chi connectivity index (χ3v) is 3.49. The maximum atomic E-state index is 12.2. The van der Waals surface area contributed by atoms with Crippen LogP contribution in [0.5, 0.6) is 0 Å². The number of hydrogen-bond donors (Lipinski definition) is 5. The average molecular weight is 313 g/mol. The van der Waals surface area contributed by atoms with E-state index in [1.165, 1.54) is 6.07 Å². The fourth-order valence-corrected chi connectivity index (χ4v) is 2.21. The quantitative estimate of drug-likeness (QED) is 0.433. The van der Waals surface area contributed by atoms with Crippen LogP contribution in [0.15, 0.2) is 24.3 Å². The van der Waals surface area contributed by atoms with Gasteiger partial charge in [0.05, 0.1) is 12.2 Å². The van der Waals surface area contributed by atoms with Gasteiger partial charge in [-0.1, -0.05) is 12.1 Å². The Morgan fingerprint density at radius 2 is 1.91 bits per heavy atom. The van der Waals surface area contributed by atoms with E-state index in [-0.39, 0.29) is 5.56 Å². The highest BCUT2D eigenvalue weighted by Gasteiger charge is 2.45. The summed E-state index contributed by atoms with van der Waals surface area (Å²) in [6.07, 6.45) is -7.34. The van der Waals surface area contributed by atoms with Crippen molar-refractivity contribution in [1.82, 2.24) is 0 Å². The molecule has 0 radical (unpaired) electrons. The zero-order valence-electron chi connectivity index (χ0n) is 11.9. The van der Waals surface area contributed by atoms with Crippen LogP contribution in [0.2, 0.25) is 0 Å². The Balaban J connectivity index is 2.13. The average Bonchev–Trinajstić information content (AvgIpc) is 2.55. The van der Waals surface area contributed by atoms with Crippen LogP contribution in [0.3, 0.4) is 0 Å². The maximum Gasteiger partial charge on any atom is 0.342 e. The van der Waals surface area contributed by atoms with Gasteiger partial charge in [-0.05, 0) is 12.1 Å². The minimum atomic E-state index is -1.62. The van der Waals surface area contributed by atoms with Crippen LogP contribution in [-0.4, -0.2) is 70.8 Å². The lowest BCUT2D eigenvalue weighted by Crippen LogP contribution is -2.59. The number of anilines is 1. The zero-order valence-corrected chi connectivity index (χ0v) is 11.9. The molecule has 22 heavy (non-hydrogen) atoms. The van der Waals surface area contributed by atoms with Gasteiger partial charge in [-0.25, -0.2) is 4.79 Å². The summed E-state index contributed by atoms with van der Waals surface area (Å²) >= 11 is 0. The molecule has 0 amide bonds. The zero-order chi connectivity index (χ0) is 16.3. The first-order valence-corrected chi connectivity index (χ1v) is 6.78. The summed E-state index contributed by atoms with van der Waals surface area (Å²) in [5.74, 6) is -0.769. The van der Waals surface area contributed by atoms with E-state index < -0.39 is 43.3 Å². The monoisotopic (exact) mass is 313 g/mol. The van der Waals surface area contributed by atoms with Crippen molar-refractivity contribution in [3.63, 3.8) is 0 Å². The van der Waals surface area contributed by atoms with Crippen LogP contribution >= 0.6 is 0 Å². The number of hydrogen-bond acceptors (Lipinski definition) is 8. The second-order valence-corrected chi connectivity index (χ2v) is 4.90. The van der Waals surface area contributed by atoms with Crippen molar-refractivity contribution in [2.75, 3.05) is 19.0 Å². The molecule has 8 heteroatoms. The molecule has 1 aromatic carbocycles. The lowest BCUT2D eigenvalue weighted by molar-refractivity contribution is -0.285. The van der Waals surface area contributed by atoms with Crippen LogP contribution in [-0.2, 0) is 9.47 Å². The molecule has 8 nitrogen and oxygen atoms in total. The molecule has 1 fully saturated rings. The smallest absolute Gasteiger partial charge is 0.342 e. The minimum absolute atomic E-state index is 0.224. The first-order chi connectivity index (χ1) is 10.5. The molecule has 1 aliphatic rings. The van der Waals surface area contributed by atoms with Gasteiger partial charge in [0.25, 0.3) is 0 Å². The molecule has 0 unspecified atom stereocenters. The Morgan fingerprint density at radius 1 is 1.23 bits per heavy atom. The molecule has 1 aromatic rings. The van der Waals surface area contributed by atoms with Crippen LogP contribution in [0.25, 0.3) is 0 Å². The summed E-state index contributed by atoms with van der Waals surface area (Å²) in [5.41, 5.74) is 0.749. The molecule has 5 N–H and O–H groups in total. The fourth-order valence-electron chi connectivity index (χ4n) is 2.21. The van der Waals surface area contributed by atoms with Crippen molar-refractivity contribution in [1.29, 1.82) is 0 Å². The van der Waals surface area contributed by atoms with E-state index in [0.717, 1.165) is 0 Å². The normalized spacial score (nSPS) is 31.6. The van der Waals surface area contributed by atoms with Crippen molar-refractivity contribution in [2.45, 2.75) is 30.7 Å². The van der Waals surface area contributed by atoms with Gasteiger partial charge < -0.3 is 35.2 Å². The predicted molar refractivity (Wildman–Crippen MR) is 75.2 cm³/mol. The van der Waals surface area contributed by atoms with Crippen LogP contribution in [0.1, 0.15) is 10.4 Å². The van der Waals surface area contributed by atoms with Crippen molar-refractivity contribution >= 4 is 11.7 Å². The molecule has 5 atom stereocenters. The standard InChI is InChI=1S/C14H19NO7/c1-15-8-5-3-2-4-7(8)13(20)22-14-12(19)11(18)10(17)9(6-16)21-14/h2-5,9-12,14-19H,6H2,1H3/t9-,10-,11+,12-,14+/m1/s1. The molecule has 2 rings (SSSR count). The Morgan fingerprint density at radius 3 is 2.55 bits per heavy atom. The molecule has 0 aliphatic carbocycles. The van der Waals surface area contributed by atoms with Gasteiger partial charge >= 0.3 is 5.97 Å². The molecule has 1 aliphatic heterocycles. The molecule has 122 valence electrons. The summed E-state index contributed by atoms with van der Waals surface area (Å²) in [6.45, 7) is -0.591. The van der Waals surface area contributed by atoms with Gasteiger partial charge in [-0.3, -0.25) is 0 Å². The van der Waals surface area contributed by atoms with E-state index >= 15 is 0 Å². The molecule has 1 heterocycles. The number of benzene rings is 1. The van der Waals surface area contributed by atoms with E-state index in [9.17, 15) is 20.1 Å². The molecule has 0 aromatic heterocycles. The number of carbonyl (C=O) groups excluding carboxylic acids is 1. The number of para-hydroxylation sites is 1. The summed E-state index contributed by atoms with van der Waals surface area (Å²) in [7, 11) is 1.64. The summed E-state index contributed by atoms with van der Waals surface area (Å²) in [4.78, 5) is 12.2. The first-order valence-electron chi connectivity index (χ1n) is 6.78. The first kappa shape index (κ1) is 16.7. The van der Waals surface area contributed by atoms with Gasteiger partial charge in [-0.15, -0.1) is 0 Å². The highest BCUT2D eigenvalue weighted by atomic mass is 16.7. The third kappa shape index (κ3) is 3.21. The second-order valence-electron chi connectivity index (χ2n) is 4.90.